The molecule has 1 heterocycles. The third kappa shape index (κ3) is 4.35. The lowest BCUT2D eigenvalue weighted by Crippen LogP contribution is -2.24. The Kier molecular flexibility index (Phi) is 5.56. The van der Waals surface area contributed by atoms with Crippen molar-refractivity contribution >= 4 is 17.5 Å². The minimum absolute atomic E-state index is 0.0733. The van der Waals surface area contributed by atoms with Crippen molar-refractivity contribution in [3.8, 4) is 0 Å². The number of rotatable bonds is 6. The minimum atomic E-state index is -0.0733. The molecule has 0 bridgehead atoms. The largest absolute Gasteiger partial charge is 0.352 e. The molecule has 0 unspecified atom stereocenters. The quantitative estimate of drug-likeness (QED) is 0.827. The molecule has 3 nitrogen and oxygen atoms in total. The van der Waals surface area contributed by atoms with E-state index in [2.05, 4.69) is 10.3 Å². The lowest BCUT2D eigenvalue weighted by Gasteiger charge is -2.06. The summed E-state index contributed by atoms with van der Waals surface area (Å²) in [5.74, 6) is -0.0733. The van der Waals surface area contributed by atoms with E-state index in [1.165, 1.54) is 0 Å². The SMILES string of the molecule is O=C(NCCCCc1ccccc1Cl)c1cccnc1. The molecule has 0 aliphatic heterocycles. The van der Waals surface area contributed by atoms with Gasteiger partial charge in [0.15, 0.2) is 0 Å². The van der Waals surface area contributed by atoms with Gasteiger partial charge in [-0.15, -0.1) is 0 Å². The topological polar surface area (TPSA) is 42.0 Å². The van der Waals surface area contributed by atoms with Gasteiger partial charge in [-0.3, -0.25) is 9.78 Å². The summed E-state index contributed by atoms with van der Waals surface area (Å²) in [6.45, 7) is 0.665. The van der Waals surface area contributed by atoms with Crippen LogP contribution in [0.1, 0.15) is 28.8 Å². The molecule has 104 valence electrons. The van der Waals surface area contributed by atoms with Gasteiger partial charge in [-0.05, 0) is 43.0 Å². The summed E-state index contributed by atoms with van der Waals surface area (Å²) in [4.78, 5) is 15.7. The number of pyridine rings is 1. The molecule has 0 radical (unpaired) electrons. The zero-order valence-corrected chi connectivity index (χ0v) is 11.9. The number of carbonyl (C=O) groups excluding carboxylic acids is 1. The summed E-state index contributed by atoms with van der Waals surface area (Å²) < 4.78 is 0. The van der Waals surface area contributed by atoms with Gasteiger partial charge >= 0.3 is 0 Å². The molecule has 0 aliphatic rings. The molecule has 1 N–H and O–H groups in total. The first-order valence-corrected chi connectivity index (χ1v) is 7.07. The first-order valence-electron chi connectivity index (χ1n) is 6.69. The monoisotopic (exact) mass is 288 g/mol. The van der Waals surface area contributed by atoms with Gasteiger partial charge in [0.2, 0.25) is 0 Å². The van der Waals surface area contributed by atoms with Crippen LogP contribution in [-0.2, 0) is 6.42 Å². The molecule has 2 rings (SSSR count). The molecule has 0 fully saturated rings. The molecule has 0 saturated carbocycles. The summed E-state index contributed by atoms with van der Waals surface area (Å²) in [5.41, 5.74) is 1.76. The van der Waals surface area contributed by atoms with Gasteiger partial charge in [0.05, 0.1) is 5.56 Å². The van der Waals surface area contributed by atoms with Gasteiger partial charge in [-0.1, -0.05) is 29.8 Å². The maximum Gasteiger partial charge on any atom is 0.252 e. The van der Waals surface area contributed by atoms with Crippen LogP contribution in [0.4, 0.5) is 0 Å². The maximum absolute atomic E-state index is 11.8. The van der Waals surface area contributed by atoms with Crippen molar-refractivity contribution in [1.29, 1.82) is 0 Å². The second-order valence-electron chi connectivity index (χ2n) is 4.55. The number of nitrogens with one attached hydrogen (secondary N) is 1. The second kappa shape index (κ2) is 7.65. The average Bonchev–Trinajstić information content (AvgIpc) is 2.49. The molecule has 1 aromatic carbocycles. The van der Waals surface area contributed by atoms with Crippen LogP contribution in [0.3, 0.4) is 0 Å². The van der Waals surface area contributed by atoms with E-state index in [0.29, 0.717) is 12.1 Å². The van der Waals surface area contributed by atoms with Gasteiger partial charge in [0, 0.05) is 24.0 Å². The molecular weight excluding hydrogens is 272 g/mol. The molecule has 0 atom stereocenters. The van der Waals surface area contributed by atoms with E-state index in [0.717, 1.165) is 29.8 Å². The van der Waals surface area contributed by atoms with Gasteiger partial charge in [-0.2, -0.15) is 0 Å². The lowest BCUT2D eigenvalue weighted by molar-refractivity contribution is 0.0952. The highest BCUT2D eigenvalue weighted by molar-refractivity contribution is 6.31. The fraction of sp³-hybridized carbons (Fsp3) is 0.250. The van der Waals surface area contributed by atoms with E-state index in [-0.39, 0.29) is 5.91 Å². The van der Waals surface area contributed by atoms with Crippen molar-refractivity contribution < 1.29 is 4.79 Å². The van der Waals surface area contributed by atoms with E-state index in [1.807, 2.05) is 24.3 Å². The number of halogens is 1. The van der Waals surface area contributed by atoms with Crippen molar-refractivity contribution in [1.82, 2.24) is 10.3 Å². The van der Waals surface area contributed by atoms with E-state index < -0.39 is 0 Å². The molecule has 1 aromatic heterocycles. The Balaban J connectivity index is 1.67. The molecule has 20 heavy (non-hydrogen) atoms. The van der Waals surface area contributed by atoms with Gasteiger partial charge in [0.1, 0.15) is 0 Å². The first kappa shape index (κ1) is 14.5. The Labute approximate surface area is 124 Å². The highest BCUT2D eigenvalue weighted by atomic mass is 35.5. The van der Waals surface area contributed by atoms with Crippen molar-refractivity contribution in [3.05, 3.63) is 64.9 Å². The fourth-order valence-electron chi connectivity index (χ4n) is 1.94. The van der Waals surface area contributed by atoms with E-state index in [9.17, 15) is 4.79 Å². The smallest absolute Gasteiger partial charge is 0.252 e. The number of carbonyl (C=O) groups is 1. The zero-order chi connectivity index (χ0) is 14.2. The number of unbranched alkanes of at least 4 members (excludes halogenated alkanes) is 1. The van der Waals surface area contributed by atoms with E-state index in [1.54, 1.807) is 24.5 Å². The Morgan fingerprint density at radius 3 is 2.75 bits per heavy atom. The Bertz CT molecular complexity index is 557. The van der Waals surface area contributed by atoms with E-state index >= 15 is 0 Å². The third-order valence-corrected chi connectivity index (χ3v) is 3.41. The fourth-order valence-corrected chi connectivity index (χ4v) is 2.17. The van der Waals surface area contributed by atoms with Gasteiger partial charge in [-0.25, -0.2) is 0 Å². The average molecular weight is 289 g/mol. The highest BCUT2D eigenvalue weighted by Gasteiger charge is 2.04. The Morgan fingerprint density at radius 2 is 2.00 bits per heavy atom. The van der Waals surface area contributed by atoms with E-state index in [4.69, 9.17) is 11.6 Å². The summed E-state index contributed by atoms with van der Waals surface area (Å²) in [6, 6.07) is 11.4. The Hall–Kier alpha value is -1.87. The summed E-state index contributed by atoms with van der Waals surface area (Å²) in [5, 5.41) is 3.70. The summed E-state index contributed by atoms with van der Waals surface area (Å²) >= 11 is 6.09. The molecule has 0 saturated heterocycles. The number of aryl methyl sites for hydroxylation is 1. The molecular formula is C16H17ClN2O. The number of amides is 1. The molecule has 4 heteroatoms. The van der Waals surface area contributed by atoms with Crippen LogP contribution in [0.15, 0.2) is 48.8 Å². The standard InChI is InChI=1S/C16H17ClN2O/c17-15-9-2-1-6-13(15)7-3-4-11-19-16(20)14-8-5-10-18-12-14/h1-2,5-6,8-10,12H,3-4,7,11H2,(H,19,20). The van der Waals surface area contributed by atoms with Gasteiger partial charge < -0.3 is 5.32 Å². The van der Waals surface area contributed by atoms with Crippen molar-refractivity contribution in [2.45, 2.75) is 19.3 Å². The maximum atomic E-state index is 11.8. The predicted molar refractivity (Wildman–Crippen MR) is 81.0 cm³/mol. The van der Waals surface area contributed by atoms with Crippen LogP contribution in [0, 0.1) is 0 Å². The van der Waals surface area contributed by atoms with Crippen LogP contribution >= 0.6 is 11.6 Å². The molecule has 1 amide bonds. The highest BCUT2D eigenvalue weighted by Crippen LogP contribution is 2.16. The molecule has 0 aliphatic carbocycles. The number of hydrogen-bond acceptors (Lipinski definition) is 2. The molecule has 2 aromatic rings. The van der Waals surface area contributed by atoms with Crippen LogP contribution in [-0.4, -0.2) is 17.4 Å². The van der Waals surface area contributed by atoms with Crippen molar-refractivity contribution in [2.24, 2.45) is 0 Å². The number of hydrogen-bond donors (Lipinski definition) is 1. The van der Waals surface area contributed by atoms with Crippen molar-refractivity contribution in [2.75, 3.05) is 6.54 Å². The van der Waals surface area contributed by atoms with Crippen LogP contribution in [0.25, 0.3) is 0 Å². The zero-order valence-electron chi connectivity index (χ0n) is 11.2. The third-order valence-electron chi connectivity index (χ3n) is 3.04. The number of nitrogens with zero attached hydrogens (tertiary/aromatic N) is 1. The second-order valence-corrected chi connectivity index (χ2v) is 4.95. The summed E-state index contributed by atoms with van der Waals surface area (Å²) in [6.07, 6.45) is 6.08. The normalized spacial score (nSPS) is 10.2. The Morgan fingerprint density at radius 1 is 1.15 bits per heavy atom. The van der Waals surface area contributed by atoms with Crippen LogP contribution in [0.2, 0.25) is 5.02 Å². The van der Waals surface area contributed by atoms with Gasteiger partial charge in [0.25, 0.3) is 5.91 Å². The molecule has 0 spiro atoms. The number of benzene rings is 1. The predicted octanol–water partition coefficient (Wildman–Crippen LogP) is 3.49. The van der Waals surface area contributed by atoms with Crippen molar-refractivity contribution in [3.63, 3.8) is 0 Å². The van der Waals surface area contributed by atoms with Crippen LogP contribution in [0.5, 0.6) is 0 Å². The minimum Gasteiger partial charge on any atom is -0.352 e. The lowest BCUT2D eigenvalue weighted by atomic mass is 10.1. The number of aromatic nitrogens is 1. The van der Waals surface area contributed by atoms with Crippen LogP contribution < -0.4 is 5.32 Å². The first-order chi connectivity index (χ1) is 9.77. The summed E-state index contributed by atoms with van der Waals surface area (Å²) in [7, 11) is 0.